The number of nitrogens with zero attached hydrogens (tertiary/aromatic N) is 3. The van der Waals surface area contributed by atoms with Crippen molar-refractivity contribution in [2.45, 2.75) is 52.7 Å². The molecule has 0 bridgehead atoms. The third kappa shape index (κ3) is 4.38. The Morgan fingerprint density at radius 3 is 2.56 bits per heavy atom. The number of benzene rings is 1. The molecule has 3 rings (SSSR count). The van der Waals surface area contributed by atoms with E-state index < -0.39 is 6.04 Å². The van der Waals surface area contributed by atoms with Gasteiger partial charge in [0.2, 0.25) is 5.91 Å². The molecule has 6 heteroatoms. The SMILES string of the molecule is COC(=O)C1Cc2ncn(Cc3ccccc3)c2CN1C(=O)CC(C)(C)C. The van der Waals surface area contributed by atoms with E-state index >= 15 is 0 Å². The molecule has 1 aliphatic heterocycles. The van der Waals surface area contributed by atoms with Crippen LogP contribution >= 0.6 is 0 Å². The molecule has 0 saturated carbocycles. The van der Waals surface area contributed by atoms with Crippen LogP contribution in [0, 0.1) is 5.41 Å². The second-order valence-electron chi connectivity index (χ2n) is 8.25. The minimum absolute atomic E-state index is 0.0315. The van der Waals surface area contributed by atoms with Crippen molar-refractivity contribution in [3.05, 3.63) is 53.6 Å². The van der Waals surface area contributed by atoms with Gasteiger partial charge in [0, 0.05) is 19.4 Å². The maximum atomic E-state index is 12.9. The fourth-order valence-electron chi connectivity index (χ4n) is 3.45. The standard InChI is InChI=1S/C21H27N3O3/c1-21(2,3)11-19(25)24-13-18-16(10-17(24)20(26)27-4)22-14-23(18)12-15-8-6-5-7-9-15/h5-9,14,17H,10-13H2,1-4H3. The highest BCUT2D eigenvalue weighted by Gasteiger charge is 2.38. The minimum Gasteiger partial charge on any atom is -0.467 e. The number of amides is 1. The van der Waals surface area contributed by atoms with Crippen LogP contribution in [0.4, 0.5) is 0 Å². The lowest BCUT2D eigenvalue weighted by atomic mass is 9.90. The highest BCUT2D eigenvalue weighted by molar-refractivity contribution is 5.85. The van der Waals surface area contributed by atoms with Crippen molar-refractivity contribution in [1.82, 2.24) is 14.5 Å². The molecule has 0 spiro atoms. The Kier molecular flexibility index (Phi) is 5.35. The molecule has 27 heavy (non-hydrogen) atoms. The summed E-state index contributed by atoms with van der Waals surface area (Å²) in [5, 5.41) is 0. The molecule has 0 saturated heterocycles. The van der Waals surface area contributed by atoms with Gasteiger partial charge in [-0.15, -0.1) is 0 Å². The van der Waals surface area contributed by atoms with Gasteiger partial charge >= 0.3 is 5.97 Å². The zero-order valence-electron chi connectivity index (χ0n) is 16.4. The fourth-order valence-corrected chi connectivity index (χ4v) is 3.45. The van der Waals surface area contributed by atoms with Gasteiger partial charge in [0.05, 0.1) is 31.4 Å². The van der Waals surface area contributed by atoms with Gasteiger partial charge in [-0.3, -0.25) is 4.79 Å². The summed E-state index contributed by atoms with van der Waals surface area (Å²) in [7, 11) is 1.36. The molecule has 1 aliphatic rings. The number of ether oxygens (including phenoxy) is 1. The summed E-state index contributed by atoms with van der Waals surface area (Å²) in [5.41, 5.74) is 2.87. The molecule has 0 fully saturated rings. The first-order valence-electron chi connectivity index (χ1n) is 9.22. The van der Waals surface area contributed by atoms with E-state index in [0.717, 1.165) is 11.4 Å². The lowest BCUT2D eigenvalue weighted by Crippen LogP contribution is -2.50. The number of carbonyl (C=O) groups excluding carboxylic acids is 2. The second-order valence-corrected chi connectivity index (χ2v) is 8.25. The number of fused-ring (bicyclic) bond motifs is 1. The Balaban J connectivity index is 1.89. The Morgan fingerprint density at radius 2 is 1.93 bits per heavy atom. The molecule has 2 aromatic rings. The minimum atomic E-state index is -0.613. The zero-order chi connectivity index (χ0) is 19.6. The average Bonchev–Trinajstić information content (AvgIpc) is 3.01. The number of imidazole rings is 1. The van der Waals surface area contributed by atoms with Crippen LogP contribution in [-0.4, -0.2) is 39.5 Å². The van der Waals surface area contributed by atoms with Crippen LogP contribution in [0.5, 0.6) is 0 Å². The number of aromatic nitrogens is 2. The van der Waals surface area contributed by atoms with Crippen LogP contribution in [0.2, 0.25) is 0 Å². The number of methoxy groups -OCH3 is 1. The third-order valence-electron chi connectivity index (χ3n) is 4.79. The molecular formula is C21H27N3O3. The molecule has 1 aromatic heterocycles. The van der Waals surface area contributed by atoms with Crippen molar-refractivity contribution >= 4 is 11.9 Å². The predicted molar refractivity (Wildman–Crippen MR) is 102 cm³/mol. The maximum Gasteiger partial charge on any atom is 0.329 e. The number of hydrogen-bond acceptors (Lipinski definition) is 4. The van der Waals surface area contributed by atoms with Gasteiger partial charge in [0.25, 0.3) is 0 Å². The Bertz CT molecular complexity index is 821. The van der Waals surface area contributed by atoms with Crippen LogP contribution in [0.1, 0.15) is 44.1 Å². The van der Waals surface area contributed by atoms with Crippen LogP contribution in [0.25, 0.3) is 0 Å². The first-order chi connectivity index (χ1) is 12.8. The van der Waals surface area contributed by atoms with Crippen LogP contribution in [0.3, 0.4) is 0 Å². The van der Waals surface area contributed by atoms with E-state index in [1.165, 1.54) is 12.7 Å². The predicted octanol–water partition coefficient (Wildman–Crippen LogP) is 2.79. The third-order valence-corrected chi connectivity index (χ3v) is 4.79. The molecule has 1 aromatic carbocycles. The lowest BCUT2D eigenvalue weighted by Gasteiger charge is -2.35. The van der Waals surface area contributed by atoms with E-state index in [-0.39, 0.29) is 17.3 Å². The van der Waals surface area contributed by atoms with E-state index in [1.807, 2.05) is 39.0 Å². The van der Waals surface area contributed by atoms with E-state index in [1.54, 1.807) is 11.2 Å². The first kappa shape index (κ1) is 19.1. The quantitative estimate of drug-likeness (QED) is 0.778. The molecule has 0 radical (unpaired) electrons. The lowest BCUT2D eigenvalue weighted by molar-refractivity contribution is -0.154. The van der Waals surface area contributed by atoms with E-state index in [9.17, 15) is 9.59 Å². The number of esters is 1. The molecule has 0 N–H and O–H groups in total. The Labute approximate surface area is 160 Å². The number of hydrogen-bond donors (Lipinski definition) is 0. The molecular weight excluding hydrogens is 342 g/mol. The van der Waals surface area contributed by atoms with Gasteiger partial charge in [-0.1, -0.05) is 51.1 Å². The van der Waals surface area contributed by atoms with Crippen molar-refractivity contribution in [2.75, 3.05) is 7.11 Å². The highest BCUT2D eigenvalue weighted by Crippen LogP contribution is 2.28. The summed E-state index contributed by atoms with van der Waals surface area (Å²) in [4.78, 5) is 31.4. The van der Waals surface area contributed by atoms with E-state index in [2.05, 4.69) is 21.7 Å². The summed E-state index contributed by atoms with van der Waals surface area (Å²) in [6.07, 6.45) is 2.56. The molecule has 1 atom stereocenters. The van der Waals surface area contributed by atoms with Gasteiger partial charge in [0.1, 0.15) is 6.04 Å². The van der Waals surface area contributed by atoms with Gasteiger partial charge < -0.3 is 14.2 Å². The Hall–Kier alpha value is -2.63. The molecule has 0 aliphatic carbocycles. The van der Waals surface area contributed by atoms with Crippen molar-refractivity contribution in [3.8, 4) is 0 Å². The summed E-state index contributed by atoms with van der Waals surface area (Å²) >= 11 is 0. The topological polar surface area (TPSA) is 64.4 Å². The summed E-state index contributed by atoms with van der Waals surface area (Å²) in [6, 6.07) is 9.51. The summed E-state index contributed by atoms with van der Waals surface area (Å²) in [6.45, 7) is 7.12. The van der Waals surface area contributed by atoms with E-state index in [4.69, 9.17) is 4.74 Å². The summed E-state index contributed by atoms with van der Waals surface area (Å²) < 4.78 is 7.02. The number of rotatable bonds is 4. The molecule has 6 nitrogen and oxygen atoms in total. The molecule has 1 unspecified atom stereocenters. The smallest absolute Gasteiger partial charge is 0.329 e. The summed E-state index contributed by atoms with van der Waals surface area (Å²) in [5.74, 6) is -0.420. The van der Waals surface area contributed by atoms with Crippen LogP contribution in [0.15, 0.2) is 36.7 Å². The van der Waals surface area contributed by atoms with Gasteiger partial charge in [-0.05, 0) is 11.0 Å². The van der Waals surface area contributed by atoms with Crippen molar-refractivity contribution < 1.29 is 14.3 Å². The van der Waals surface area contributed by atoms with Crippen LogP contribution < -0.4 is 0 Å². The van der Waals surface area contributed by atoms with Gasteiger partial charge in [0.15, 0.2) is 0 Å². The number of carbonyl (C=O) groups is 2. The van der Waals surface area contributed by atoms with Crippen molar-refractivity contribution in [3.63, 3.8) is 0 Å². The fraction of sp³-hybridized carbons (Fsp3) is 0.476. The second kappa shape index (κ2) is 7.55. The largest absolute Gasteiger partial charge is 0.467 e. The molecule has 2 heterocycles. The zero-order valence-corrected chi connectivity index (χ0v) is 16.4. The van der Waals surface area contributed by atoms with Gasteiger partial charge in [-0.25, -0.2) is 9.78 Å². The molecule has 144 valence electrons. The van der Waals surface area contributed by atoms with Crippen molar-refractivity contribution in [1.29, 1.82) is 0 Å². The average molecular weight is 369 g/mol. The molecule has 1 amide bonds. The van der Waals surface area contributed by atoms with Crippen molar-refractivity contribution in [2.24, 2.45) is 5.41 Å². The van der Waals surface area contributed by atoms with Crippen LogP contribution in [-0.2, 0) is 33.8 Å². The maximum absolute atomic E-state index is 12.9. The normalized spacial score (nSPS) is 16.7. The Morgan fingerprint density at radius 1 is 1.22 bits per heavy atom. The highest BCUT2D eigenvalue weighted by atomic mass is 16.5. The van der Waals surface area contributed by atoms with Gasteiger partial charge in [-0.2, -0.15) is 0 Å². The monoisotopic (exact) mass is 369 g/mol. The van der Waals surface area contributed by atoms with E-state index in [0.29, 0.717) is 25.9 Å². The first-order valence-corrected chi connectivity index (χ1v) is 9.22.